The van der Waals surface area contributed by atoms with Crippen molar-refractivity contribution in [3.05, 3.63) is 69.7 Å². The molecule has 0 amide bonds. The molecule has 6 rings (SSSR count). The maximum absolute atomic E-state index is 13.8. The lowest BCUT2D eigenvalue weighted by Gasteiger charge is -2.14. The Morgan fingerprint density at radius 3 is 2.50 bits per heavy atom. The van der Waals surface area contributed by atoms with Gasteiger partial charge < -0.3 is 4.74 Å². The molecule has 0 N–H and O–H groups in total. The van der Waals surface area contributed by atoms with E-state index in [1.54, 1.807) is 4.57 Å². The fourth-order valence-electron chi connectivity index (χ4n) is 4.47. The SMILES string of the molecule is Cc1nc2c(c(=O)n1C[C@H]1CCCO1)c1nc3ccccc3nc1n2-c1ccc(Cl)cc1. The van der Waals surface area contributed by atoms with Crippen LogP contribution >= 0.6 is 11.6 Å². The third-order valence-corrected chi connectivity index (χ3v) is 6.30. The minimum absolute atomic E-state index is 0.0298. The number of rotatable bonds is 3. The molecule has 32 heavy (non-hydrogen) atoms. The van der Waals surface area contributed by atoms with Crippen molar-refractivity contribution in [1.29, 1.82) is 0 Å². The van der Waals surface area contributed by atoms with Crippen LogP contribution in [-0.4, -0.2) is 36.8 Å². The van der Waals surface area contributed by atoms with Gasteiger partial charge in [-0.1, -0.05) is 23.7 Å². The summed E-state index contributed by atoms with van der Waals surface area (Å²) in [6.45, 7) is 3.08. The molecule has 2 aromatic carbocycles. The molecule has 5 aromatic rings. The molecule has 1 aliphatic heterocycles. The summed E-state index contributed by atoms with van der Waals surface area (Å²) >= 11 is 6.12. The smallest absolute Gasteiger partial charge is 0.265 e. The van der Waals surface area contributed by atoms with Gasteiger partial charge >= 0.3 is 0 Å². The number of aromatic nitrogens is 5. The molecule has 0 bridgehead atoms. The van der Waals surface area contributed by atoms with Crippen molar-refractivity contribution in [2.24, 2.45) is 0 Å². The first-order valence-corrected chi connectivity index (χ1v) is 11.0. The topological polar surface area (TPSA) is 74.8 Å². The number of nitrogens with zero attached hydrogens (tertiary/aromatic N) is 5. The van der Waals surface area contributed by atoms with Crippen LogP contribution in [-0.2, 0) is 11.3 Å². The van der Waals surface area contributed by atoms with Crippen molar-refractivity contribution in [2.45, 2.75) is 32.4 Å². The maximum atomic E-state index is 13.8. The fourth-order valence-corrected chi connectivity index (χ4v) is 4.60. The summed E-state index contributed by atoms with van der Waals surface area (Å²) in [5.74, 6) is 0.639. The first kappa shape index (κ1) is 19.4. The third-order valence-electron chi connectivity index (χ3n) is 6.05. The molecule has 1 saturated heterocycles. The van der Waals surface area contributed by atoms with Crippen LogP contribution in [0.3, 0.4) is 0 Å². The monoisotopic (exact) mass is 445 g/mol. The third kappa shape index (κ3) is 3.00. The highest BCUT2D eigenvalue weighted by atomic mass is 35.5. The molecule has 8 heteroatoms. The lowest BCUT2D eigenvalue weighted by Crippen LogP contribution is -2.29. The summed E-state index contributed by atoms with van der Waals surface area (Å²) in [5, 5.41) is 1.10. The van der Waals surface area contributed by atoms with Crippen molar-refractivity contribution in [3.8, 4) is 5.69 Å². The molecule has 4 heterocycles. The largest absolute Gasteiger partial charge is 0.376 e. The van der Waals surface area contributed by atoms with Crippen molar-refractivity contribution >= 4 is 44.8 Å². The van der Waals surface area contributed by atoms with Gasteiger partial charge in [-0.15, -0.1) is 0 Å². The molecular formula is C24H20ClN5O2. The lowest BCUT2D eigenvalue weighted by molar-refractivity contribution is 0.0955. The molecule has 1 atom stereocenters. The fraction of sp³-hybridized carbons (Fsp3) is 0.250. The second kappa shape index (κ2) is 7.39. The number of para-hydroxylation sites is 2. The van der Waals surface area contributed by atoms with Gasteiger partial charge in [-0.25, -0.2) is 15.0 Å². The maximum Gasteiger partial charge on any atom is 0.265 e. The highest BCUT2D eigenvalue weighted by molar-refractivity contribution is 6.30. The van der Waals surface area contributed by atoms with E-state index in [0.717, 1.165) is 36.2 Å². The average molecular weight is 446 g/mol. The first-order valence-electron chi connectivity index (χ1n) is 10.7. The number of hydrogen-bond donors (Lipinski definition) is 0. The Bertz CT molecular complexity index is 1550. The van der Waals surface area contributed by atoms with Crippen molar-refractivity contribution in [2.75, 3.05) is 6.61 Å². The Morgan fingerprint density at radius 2 is 1.78 bits per heavy atom. The van der Waals surface area contributed by atoms with E-state index >= 15 is 0 Å². The zero-order chi connectivity index (χ0) is 21.8. The number of halogens is 1. The summed E-state index contributed by atoms with van der Waals surface area (Å²) in [5.41, 5.74) is 3.89. The lowest BCUT2D eigenvalue weighted by atomic mass is 10.2. The molecule has 0 aliphatic carbocycles. The van der Waals surface area contributed by atoms with Gasteiger partial charge in [0, 0.05) is 17.3 Å². The molecule has 1 aliphatic rings. The van der Waals surface area contributed by atoms with Gasteiger partial charge in [0.2, 0.25) is 0 Å². The molecule has 0 unspecified atom stereocenters. The van der Waals surface area contributed by atoms with Crippen molar-refractivity contribution in [3.63, 3.8) is 0 Å². The predicted octanol–water partition coefficient (Wildman–Crippen LogP) is 4.42. The van der Waals surface area contributed by atoms with E-state index in [-0.39, 0.29) is 11.7 Å². The Hall–Kier alpha value is -3.29. The number of aryl methyl sites for hydroxylation is 1. The number of fused-ring (bicyclic) bond motifs is 4. The molecule has 7 nitrogen and oxygen atoms in total. The van der Waals surface area contributed by atoms with Gasteiger partial charge in [0.15, 0.2) is 11.3 Å². The Labute approximate surface area is 188 Å². The molecular weight excluding hydrogens is 426 g/mol. The summed E-state index contributed by atoms with van der Waals surface area (Å²) in [4.78, 5) is 28.3. The van der Waals surface area contributed by atoms with Crippen LogP contribution in [0.25, 0.3) is 38.9 Å². The summed E-state index contributed by atoms with van der Waals surface area (Å²) < 4.78 is 9.38. The molecule has 0 spiro atoms. The molecule has 160 valence electrons. The highest BCUT2D eigenvalue weighted by Crippen LogP contribution is 2.29. The highest BCUT2D eigenvalue weighted by Gasteiger charge is 2.24. The normalized spacial score (nSPS) is 16.5. The van der Waals surface area contributed by atoms with E-state index in [2.05, 4.69) is 0 Å². The van der Waals surface area contributed by atoms with Crippen LogP contribution < -0.4 is 5.56 Å². The van der Waals surface area contributed by atoms with E-state index in [0.29, 0.717) is 39.6 Å². The molecule has 1 fully saturated rings. The van der Waals surface area contributed by atoms with E-state index in [1.807, 2.05) is 60.0 Å². The van der Waals surface area contributed by atoms with Gasteiger partial charge in [0.1, 0.15) is 16.7 Å². The number of hydrogen-bond acceptors (Lipinski definition) is 5. The van der Waals surface area contributed by atoms with E-state index in [1.165, 1.54) is 0 Å². The van der Waals surface area contributed by atoms with Crippen LogP contribution in [0.1, 0.15) is 18.7 Å². The van der Waals surface area contributed by atoms with Crippen LogP contribution in [0, 0.1) is 6.92 Å². The zero-order valence-electron chi connectivity index (χ0n) is 17.5. The predicted molar refractivity (Wildman–Crippen MR) is 125 cm³/mol. The molecule has 0 radical (unpaired) electrons. The Kier molecular flexibility index (Phi) is 4.48. The van der Waals surface area contributed by atoms with Crippen LogP contribution in [0.4, 0.5) is 0 Å². The van der Waals surface area contributed by atoms with Gasteiger partial charge in [-0.05, 0) is 56.2 Å². The Morgan fingerprint density at radius 1 is 1.03 bits per heavy atom. The van der Waals surface area contributed by atoms with Crippen LogP contribution in [0.2, 0.25) is 5.02 Å². The summed E-state index contributed by atoms with van der Waals surface area (Å²) in [6.07, 6.45) is 1.99. The van der Waals surface area contributed by atoms with Crippen LogP contribution in [0.15, 0.2) is 53.3 Å². The standard InChI is InChI=1S/C24H20ClN5O2/c1-14-26-22-20(24(31)29(14)13-17-5-4-12-32-17)21-23(28-19-7-3-2-6-18(19)27-21)30(22)16-10-8-15(25)9-11-16/h2-3,6-11,17H,4-5,12-13H2,1H3/t17-/m1/s1. The number of ether oxygens (including phenoxy) is 1. The van der Waals surface area contributed by atoms with E-state index in [9.17, 15) is 4.79 Å². The minimum Gasteiger partial charge on any atom is -0.376 e. The van der Waals surface area contributed by atoms with Crippen molar-refractivity contribution in [1.82, 2.24) is 24.1 Å². The number of benzene rings is 2. The van der Waals surface area contributed by atoms with E-state index < -0.39 is 0 Å². The van der Waals surface area contributed by atoms with Gasteiger partial charge in [0.25, 0.3) is 5.56 Å². The molecule has 3 aromatic heterocycles. The molecule has 0 saturated carbocycles. The Balaban J connectivity index is 1.71. The van der Waals surface area contributed by atoms with E-state index in [4.69, 9.17) is 31.3 Å². The zero-order valence-corrected chi connectivity index (χ0v) is 18.2. The van der Waals surface area contributed by atoms with Gasteiger partial charge in [-0.3, -0.25) is 13.9 Å². The first-order chi connectivity index (χ1) is 15.6. The van der Waals surface area contributed by atoms with Gasteiger partial charge in [0.05, 0.1) is 23.7 Å². The second-order valence-corrected chi connectivity index (χ2v) is 8.54. The summed E-state index contributed by atoms with van der Waals surface area (Å²) in [6, 6.07) is 15.1. The quantitative estimate of drug-likeness (QED) is 0.411. The van der Waals surface area contributed by atoms with Crippen molar-refractivity contribution < 1.29 is 4.74 Å². The average Bonchev–Trinajstić information content (AvgIpc) is 3.41. The minimum atomic E-state index is -0.120. The van der Waals surface area contributed by atoms with Gasteiger partial charge in [-0.2, -0.15) is 0 Å². The van der Waals surface area contributed by atoms with Crippen LogP contribution in [0.5, 0.6) is 0 Å². The second-order valence-electron chi connectivity index (χ2n) is 8.10. The summed E-state index contributed by atoms with van der Waals surface area (Å²) in [7, 11) is 0.